The van der Waals surface area contributed by atoms with Crippen molar-refractivity contribution in [1.29, 1.82) is 0 Å². The fraction of sp³-hybridized carbons (Fsp3) is 0.625. The van der Waals surface area contributed by atoms with Gasteiger partial charge in [0.2, 0.25) is 5.78 Å². The van der Waals surface area contributed by atoms with E-state index in [4.69, 9.17) is 4.74 Å². The zero-order valence-corrected chi connectivity index (χ0v) is 13.7. The molecule has 0 unspecified atom stereocenters. The molecule has 0 atom stereocenters. The Hall–Kier alpha value is -1.50. The van der Waals surface area contributed by atoms with Crippen LogP contribution in [0.15, 0.2) is 12.3 Å². The SMILES string of the molecule is COCCN1CCN(Cc2cn3c(C)cc(C)nc3n2)CC1. The predicted octanol–water partition coefficient (Wildman–Crippen LogP) is 1.11. The molecule has 1 aliphatic rings. The van der Waals surface area contributed by atoms with Crippen molar-refractivity contribution in [3.63, 3.8) is 0 Å². The highest BCUT2D eigenvalue weighted by atomic mass is 16.5. The molecule has 0 aliphatic carbocycles. The lowest BCUT2D eigenvalue weighted by atomic mass is 10.3. The third-order valence-corrected chi connectivity index (χ3v) is 4.27. The van der Waals surface area contributed by atoms with E-state index in [1.54, 1.807) is 7.11 Å². The Morgan fingerprint density at radius 3 is 2.55 bits per heavy atom. The van der Waals surface area contributed by atoms with Gasteiger partial charge in [0, 0.05) is 64.0 Å². The lowest BCUT2D eigenvalue weighted by Crippen LogP contribution is -2.46. The lowest BCUT2D eigenvalue weighted by Gasteiger charge is -2.34. The van der Waals surface area contributed by atoms with E-state index in [2.05, 4.69) is 43.4 Å². The monoisotopic (exact) mass is 303 g/mol. The number of piperazine rings is 1. The molecule has 0 spiro atoms. The summed E-state index contributed by atoms with van der Waals surface area (Å²) < 4.78 is 7.23. The number of fused-ring (bicyclic) bond motifs is 1. The molecule has 120 valence electrons. The molecule has 1 aliphatic heterocycles. The van der Waals surface area contributed by atoms with Gasteiger partial charge in [0.05, 0.1) is 12.3 Å². The smallest absolute Gasteiger partial charge is 0.234 e. The third-order valence-electron chi connectivity index (χ3n) is 4.27. The van der Waals surface area contributed by atoms with Crippen LogP contribution in [0.4, 0.5) is 0 Å². The average molecular weight is 303 g/mol. The number of nitrogens with zero attached hydrogens (tertiary/aromatic N) is 5. The molecular formula is C16H25N5O. The second kappa shape index (κ2) is 6.73. The molecule has 0 radical (unpaired) electrons. The van der Waals surface area contributed by atoms with Crippen molar-refractivity contribution in [1.82, 2.24) is 24.2 Å². The highest BCUT2D eigenvalue weighted by Gasteiger charge is 2.17. The molecule has 1 fully saturated rings. The first-order valence-electron chi connectivity index (χ1n) is 7.91. The average Bonchev–Trinajstić information content (AvgIpc) is 2.89. The minimum Gasteiger partial charge on any atom is -0.383 e. The van der Waals surface area contributed by atoms with Crippen LogP contribution in [-0.4, -0.2) is 70.6 Å². The summed E-state index contributed by atoms with van der Waals surface area (Å²) in [6.07, 6.45) is 2.12. The number of aryl methyl sites for hydroxylation is 2. The maximum absolute atomic E-state index is 5.15. The van der Waals surface area contributed by atoms with E-state index in [1.807, 2.05) is 6.92 Å². The van der Waals surface area contributed by atoms with Gasteiger partial charge in [0.1, 0.15) is 0 Å². The Morgan fingerprint density at radius 2 is 1.82 bits per heavy atom. The van der Waals surface area contributed by atoms with Crippen LogP contribution in [0.2, 0.25) is 0 Å². The molecule has 6 heteroatoms. The molecule has 6 nitrogen and oxygen atoms in total. The first-order chi connectivity index (χ1) is 10.7. The number of ether oxygens (including phenoxy) is 1. The number of methoxy groups -OCH3 is 1. The number of rotatable bonds is 5. The van der Waals surface area contributed by atoms with Crippen LogP contribution in [0, 0.1) is 13.8 Å². The van der Waals surface area contributed by atoms with Crippen LogP contribution in [0.5, 0.6) is 0 Å². The van der Waals surface area contributed by atoms with Crippen molar-refractivity contribution < 1.29 is 4.74 Å². The molecule has 3 rings (SSSR count). The second-order valence-corrected chi connectivity index (χ2v) is 6.05. The molecule has 0 amide bonds. The molecule has 0 N–H and O–H groups in total. The van der Waals surface area contributed by atoms with E-state index in [0.29, 0.717) is 0 Å². The standard InChI is InChI=1S/C16H25N5O/c1-13-10-14(2)21-12-15(18-16(21)17-13)11-20-6-4-19(5-7-20)8-9-22-3/h10,12H,4-9,11H2,1-3H3. The van der Waals surface area contributed by atoms with Gasteiger partial charge in [0.15, 0.2) is 0 Å². The molecule has 0 aromatic carbocycles. The van der Waals surface area contributed by atoms with Gasteiger partial charge >= 0.3 is 0 Å². The predicted molar refractivity (Wildman–Crippen MR) is 86.1 cm³/mol. The zero-order valence-electron chi connectivity index (χ0n) is 13.7. The van der Waals surface area contributed by atoms with Crippen LogP contribution < -0.4 is 0 Å². The van der Waals surface area contributed by atoms with Crippen LogP contribution in [0.25, 0.3) is 5.78 Å². The quantitative estimate of drug-likeness (QED) is 0.828. The van der Waals surface area contributed by atoms with Crippen LogP contribution in [0.3, 0.4) is 0 Å². The Labute approximate surface area is 131 Å². The van der Waals surface area contributed by atoms with Gasteiger partial charge in [-0.3, -0.25) is 14.2 Å². The Balaban J connectivity index is 1.61. The minimum absolute atomic E-state index is 0.811. The maximum Gasteiger partial charge on any atom is 0.234 e. The summed E-state index contributed by atoms with van der Waals surface area (Å²) in [5.41, 5.74) is 3.31. The van der Waals surface area contributed by atoms with Gasteiger partial charge in [-0.05, 0) is 19.9 Å². The topological polar surface area (TPSA) is 45.9 Å². The molecule has 0 saturated carbocycles. The first-order valence-corrected chi connectivity index (χ1v) is 7.91. The molecule has 22 heavy (non-hydrogen) atoms. The van der Waals surface area contributed by atoms with Crippen molar-refractivity contribution in [3.05, 3.63) is 29.3 Å². The Morgan fingerprint density at radius 1 is 1.09 bits per heavy atom. The van der Waals surface area contributed by atoms with E-state index in [0.717, 1.165) is 63.0 Å². The van der Waals surface area contributed by atoms with Gasteiger partial charge in [-0.25, -0.2) is 9.97 Å². The number of aromatic nitrogens is 3. The highest BCUT2D eigenvalue weighted by Crippen LogP contribution is 2.11. The minimum atomic E-state index is 0.811. The lowest BCUT2D eigenvalue weighted by molar-refractivity contribution is 0.0933. The van der Waals surface area contributed by atoms with Gasteiger partial charge in [-0.15, -0.1) is 0 Å². The first kappa shape index (κ1) is 15.4. The summed E-state index contributed by atoms with van der Waals surface area (Å²) in [5.74, 6) is 0.811. The van der Waals surface area contributed by atoms with Gasteiger partial charge in [0.25, 0.3) is 0 Å². The highest BCUT2D eigenvalue weighted by molar-refractivity contribution is 5.34. The van der Waals surface area contributed by atoms with E-state index >= 15 is 0 Å². The van der Waals surface area contributed by atoms with Crippen molar-refractivity contribution in [2.24, 2.45) is 0 Å². The Kier molecular flexibility index (Phi) is 4.71. The van der Waals surface area contributed by atoms with Crippen molar-refractivity contribution in [2.75, 3.05) is 46.4 Å². The Bertz CT molecular complexity index is 631. The van der Waals surface area contributed by atoms with E-state index < -0.39 is 0 Å². The molecular weight excluding hydrogens is 278 g/mol. The van der Waals surface area contributed by atoms with E-state index in [9.17, 15) is 0 Å². The largest absolute Gasteiger partial charge is 0.383 e. The second-order valence-electron chi connectivity index (χ2n) is 6.05. The van der Waals surface area contributed by atoms with Crippen molar-refractivity contribution >= 4 is 5.78 Å². The summed E-state index contributed by atoms with van der Waals surface area (Å²) >= 11 is 0. The zero-order chi connectivity index (χ0) is 15.5. The molecule has 0 bridgehead atoms. The van der Waals surface area contributed by atoms with Crippen LogP contribution in [-0.2, 0) is 11.3 Å². The summed E-state index contributed by atoms with van der Waals surface area (Å²) in [4.78, 5) is 14.1. The van der Waals surface area contributed by atoms with Crippen molar-refractivity contribution in [2.45, 2.75) is 20.4 Å². The summed E-state index contributed by atoms with van der Waals surface area (Å²) in [6.45, 7) is 11.2. The number of hydrogen-bond donors (Lipinski definition) is 0. The molecule has 1 saturated heterocycles. The normalized spacial score (nSPS) is 17.4. The number of hydrogen-bond acceptors (Lipinski definition) is 5. The summed E-state index contributed by atoms with van der Waals surface area (Å²) in [6, 6.07) is 2.09. The molecule has 2 aromatic rings. The van der Waals surface area contributed by atoms with E-state index in [-0.39, 0.29) is 0 Å². The van der Waals surface area contributed by atoms with Crippen molar-refractivity contribution in [3.8, 4) is 0 Å². The maximum atomic E-state index is 5.15. The van der Waals surface area contributed by atoms with Gasteiger partial charge in [-0.2, -0.15) is 0 Å². The van der Waals surface area contributed by atoms with E-state index in [1.165, 1.54) is 5.69 Å². The van der Waals surface area contributed by atoms with Gasteiger partial charge in [-0.1, -0.05) is 0 Å². The van der Waals surface area contributed by atoms with Gasteiger partial charge < -0.3 is 4.74 Å². The van der Waals surface area contributed by atoms with Crippen LogP contribution >= 0.6 is 0 Å². The third kappa shape index (κ3) is 3.45. The molecule has 3 heterocycles. The number of imidazole rings is 1. The summed E-state index contributed by atoms with van der Waals surface area (Å²) in [7, 11) is 1.76. The summed E-state index contributed by atoms with van der Waals surface area (Å²) in [5, 5.41) is 0. The molecule has 2 aromatic heterocycles. The fourth-order valence-electron chi connectivity index (χ4n) is 3.01. The van der Waals surface area contributed by atoms with Crippen LogP contribution in [0.1, 0.15) is 17.1 Å². The fourth-order valence-corrected chi connectivity index (χ4v) is 3.01.